The van der Waals surface area contributed by atoms with Gasteiger partial charge in [0.25, 0.3) is 5.91 Å². The van der Waals surface area contributed by atoms with Crippen LogP contribution in [0.5, 0.6) is 0 Å². The molecular weight excluding hydrogens is 548 g/mol. The lowest BCUT2D eigenvalue weighted by atomic mass is 10.1. The van der Waals surface area contributed by atoms with Crippen molar-refractivity contribution in [3.8, 4) is 6.07 Å². The van der Waals surface area contributed by atoms with Crippen molar-refractivity contribution in [2.75, 3.05) is 10.2 Å². The molecule has 35 heavy (non-hydrogen) atoms. The maximum absolute atomic E-state index is 13.5. The molecule has 5 nitrogen and oxygen atoms in total. The number of benzene rings is 3. The minimum Gasteiger partial charge on any atom is -0.321 e. The minimum atomic E-state index is -0.669. The Balaban J connectivity index is 1.71. The van der Waals surface area contributed by atoms with Crippen LogP contribution in [0.1, 0.15) is 5.56 Å². The third-order valence-corrected chi connectivity index (χ3v) is 7.84. The standard InChI is InChI=1S/C25H15Cl4N3O2S/c26-18-8-6-14(10-20(18)28)11-22-24(34)32(16-4-2-1-3-5-16)25(35-22)17(13-30)23(33)31-15-7-9-19(27)21(29)12-15/h1-10,12,22H,11H2,(H,31,33). The van der Waals surface area contributed by atoms with Crippen LogP contribution in [0.2, 0.25) is 20.1 Å². The van der Waals surface area contributed by atoms with Gasteiger partial charge in [-0.25, -0.2) is 0 Å². The largest absolute Gasteiger partial charge is 0.321 e. The van der Waals surface area contributed by atoms with Crippen LogP contribution in [0, 0.1) is 11.3 Å². The molecule has 1 heterocycles. The Morgan fingerprint density at radius 2 is 1.60 bits per heavy atom. The quantitative estimate of drug-likeness (QED) is 0.260. The molecule has 1 aliphatic rings. The van der Waals surface area contributed by atoms with E-state index in [0.717, 1.165) is 17.3 Å². The van der Waals surface area contributed by atoms with Gasteiger partial charge in [0, 0.05) is 11.4 Å². The molecule has 2 amide bonds. The second kappa shape index (κ2) is 10.9. The number of thioether (sulfide) groups is 1. The highest BCUT2D eigenvalue weighted by Gasteiger charge is 2.40. The van der Waals surface area contributed by atoms with Crippen LogP contribution in [-0.4, -0.2) is 17.1 Å². The number of nitrogens with one attached hydrogen (secondary N) is 1. The van der Waals surface area contributed by atoms with Gasteiger partial charge in [0.05, 0.1) is 25.3 Å². The molecule has 0 bridgehead atoms. The number of para-hydroxylation sites is 1. The summed E-state index contributed by atoms with van der Waals surface area (Å²) < 4.78 is 0. The number of rotatable bonds is 5. The van der Waals surface area contributed by atoms with E-state index in [1.807, 2.05) is 12.1 Å². The fraction of sp³-hybridized carbons (Fsp3) is 0.0800. The fourth-order valence-electron chi connectivity index (χ4n) is 3.45. The molecule has 0 aromatic heterocycles. The molecule has 1 saturated heterocycles. The predicted octanol–water partition coefficient (Wildman–Crippen LogP) is 7.37. The maximum atomic E-state index is 13.5. The SMILES string of the molecule is N#CC(C(=O)Nc1ccc(Cl)c(Cl)c1)=C1SC(Cc2ccc(Cl)c(Cl)c2)C(=O)N1c1ccccc1. The Labute approximate surface area is 226 Å². The molecule has 10 heteroatoms. The third-order valence-electron chi connectivity index (χ3n) is 5.10. The summed E-state index contributed by atoms with van der Waals surface area (Å²) in [6.07, 6.45) is 0.334. The van der Waals surface area contributed by atoms with Crippen LogP contribution in [-0.2, 0) is 16.0 Å². The van der Waals surface area contributed by atoms with Crippen molar-refractivity contribution < 1.29 is 9.59 Å². The number of carbonyl (C=O) groups excluding carboxylic acids is 2. The van der Waals surface area contributed by atoms with E-state index in [1.165, 1.54) is 17.0 Å². The average molecular weight is 563 g/mol. The number of nitriles is 1. The zero-order valence-corrected chi connectivity index (χ0v) is 21.6. The van der Waals surface area contributed by atoms with Gasteiger partial charge in [-0.2, -0.15) is 5.26 Å². The molecule has 176 valence electrons. The lowest BCUT2D eigenvalue weighted by molar-refractivity contribution is -0.117. The van der Waals surface area contributed by atoms with Gasteiger partial charge in [-0.15, -0.1) is 0 Å². The highest BCUT2D eigenvalue weighted by molar-refractivity contribution is 8.05. The second-order valence-electron chi connectivity index (χ2n) is 7.44. The molecule has 1 atom stereocenters. The van der Waals surface area contributed by atoms with Gasteiger partial charge in [0.2, 0.25) is 5.91 Å². The summed E-state index contributed by atoms with van der Waals surface area (Å²) in [5.74, 6) is -0.922. The molecule has 3 aromatic rings. The lowest BCUT2D eigenvalue weighted by Gasteiger charge is -2.18. The number of anilines is 2. The lowest BCUT2D eigenvalue weighted by Crippen LogP contribution is -2.30. The number of halogens is 4. The van der Waals surface area contributed by atoms with Gasteiger partial charge in [-0.1, -0.05) is 82.4 Å². The van der Waals surface area contributed by atoms with Crippen molar-refractivity contribution in [3.05, 3.63) is 103 Å². The van der Waals surface area contributed by atoms with Gasteiger partial charge in [-0.3, -0.25) is 14.5 Å². The van der Waals surface area contributed by atoms with Crippen LogP contribution in [0.25, 0.3) is 0 Å². The Bertz CT molecular complexity index is 1390. The predicted molar refractivity (Wildman–Crippen MR) is 143 cm³/mol. The Morgan fingerprint density at radius 3 is 2.23 bits per heavy atom. The van der Waals surface area contributed by atoms with Gasteiger partial charge in [0.15, 0.2) is 0 Å². The van der Waals surface area contributed by atoms with Gasteiger partial charge >= 0.3 is 0 Å². The van der Waals surface area contributed by atoms with E-state index >= 15 is 0 Å². The van der Waals surface area contributed by atoms with Crippen LogP contribution in [0.4, 0.5) is 11.4 Å². The van der Waals surface area contributed by atoms with Crippen molar-refractivity contribution in [3.63, 3.8) is 0 Å². The molecule has 1 fully saturated rings. The van der Waals surface area contributed by atoms with Crippen molar-refractivity contribution in [2.45, 2.75) is 11.7 Å². The molecule has 0 radical (unpaired) electrons. The van der Waals surface area contributed by atoms with E-state index in [2.05, 4.69) is 5.32 Å². The van der Waals surface area contributed by atoms with E-state index < -0.39 is 11.2 Å². The first-order chi connectivity index (χ1) is 16.8. The van der Waals surface area contributed by atoms with Gasteiger partial charge in [0.1, 0.15) is 16.7 Å². The van der Waals surface area contributed by atoms with E-state index in [4.69, 9.17) is 46.4 Å². The number of hydrogen-bond acceptors (Lipinski definition) is 4. The molecule has 3 aromatic carbocycles. The van der Waals surface area contributed by atoms with Gasteiger partial charge < -0.3 is 5.32 Å². The molecule has 0 spiro atoms. The summed E-state index contributed by atoms with van der Waals surface area (Å²) in [5.41, 5.74) is 1.52. The first kappa shape index (κ1) is 25.4. The summed E-state index contributed by atoms with van der Waals surface area (Å²) >= 11 is 25.3. The van der Waals surface area contributed by atoms with Crippen LogP contribution in [0.15, 0.2) is 77.3 Å². The normalized spacial score (nSPS) is 16.7. The zero-order valence-electron chi connectivity index (χ0n) is 17.8. The number of nitrogens with zero attached hydrogens (tertiary/aromatic N) is 2. The Morgan fingerprint density at radius 1 is 0.943 bits per heavy atom. The molecule has 1 N–H and O–H groups in total. The monoisotopic (exact) mass is 561 g/mol. The van der Waals surface area contributed by atoms with E-state index in [-0.39, 0.29) is 21.5 Å². The fourth-order valence-corrected chi connectivity index (χ4v) is 5.37. The van der Waals surface area contributed by atoms with Crippen LogP contribution >= 0.6 is 58.2 Å². The van der Waals surface area contributed by atoms with Crippen molar-refractivity contribution in [1.29, 1.82) is 5.26 Å². The summed E-state index contributed by atoms with van der Waals surface area (Å²) in [4.78, 5) is 28.0. The van der Waals surface area contributed by atoms with Crippen LogP contribution in [0.3, 0.4) is 0 Å². The van der Waals surface area contributed by atoms with E-state index in [0.29, 0.717) is 32.9 Å². The van der Waals surface area contributed by atoms with Crippen molar-refractivity contribution >= 4 is 81.4 Å². The molecule has 0 saturated carbocycles. The number of carbonyl (C=O) groups is 2. The average Bonchev–Trinajstić information content (AvgIpc) is 3.15. The zero-order chi connectivity index (χ0) is 25.1. The highest BCUT2D eigenvalue weighted by atomic mass is 35.5. The topological polar surface area (TPSA) is 73.2 Å². The van der Waals surface area contributed by atoms with Gasteiger partial charge in [-0.05, 0) is 54.4 Å². The van der Waals surface area contributed by atoms with E-state index in [1.54, 1.807) is 48.5 Å². The summed E-state index contributed by atoms with van der Waals surface area (Å²) in [5, 5.41) is 13.6. The maximum Gasteiger partial charge on any atom is 0.269 e. The molecular formula is C25H15Cl4N3O2S. The molecule has 4 rings (SSSR count). The summed E-state index contributed by atoms with van der Waals surface area (Å²) in [6.45, 7) is 0. The smallest absolute Gasteiger partial charge is 0.269 e. The summed E-state index contributed by atoms with van der Waals surface area (Å²) in [6, 6.07) is 20.6. The van der Waals surface area contributed by atoms with Crippen LogP contribution < -0.4 is 10.2 Å². The first-order valence-corrected chi connectivity index (χ1v) is 12.6. The second-order valence-corrected chi connectivity index (χ2v) is 10.3. The molecule has 1 aliphatic heterocycles. The van der Waals surface area contributed by atoms with E-state index in [9.17, 15) is 14.9 Å². The van der Waals surface area contributed by atoms with Crippen molar-refractivity contribution in [1.82, 2.24) is 0 Å². The highest BCUT2D eigenvalue weighted by Crippen LogP contribution is 2.42. The minimum absolute atomic E-state index is 0.199. The number of hydrogen-bond donors (Lipinski definition) is 1. The Kier molecular flexibility index (Phi) is 7.95. The summed E-state index contributed by atoms with van der Waals surface area (Å²) in [7, 11) is 0. The third kappa shape index (κ3) is 5.61. The number of amides is 2. The molecule has 1 unspecified atom stereocenters. The first-order valence-electron chi connectivity index (χ1n) is 10.2. The Hall–Kier alpha value is -2.66. The van der Waals surface area contributed by atoms with Crippen molar-refractivity contribution in [2.24, 2.45) is 0 Å². The molecule has 0 aliphatic carbocycles.